The molecule has 1 aliphatic rings. The summed E-state index contributed by atoms with van der Waals surface area (Å²) in [4.78, 5) is 2.77. The minimum atomic E-state index is -4.44. The van der Waals surface area contributed by atoms with Gasteiger partial charge in [-0.15, -0.1) is 0 Å². The molecule has 0 fully saturated rings. The molecule has 0 amide bonds. The van der Waals surface area contributed by atoms with Crippen LogP contribution >= 0.6 is 23.1 Å². The second kappa shape index (κ2) is 8.70. The molecular weight excluding hydrogens is 512 g/mol. The SMILES string of the molecule is O=S(=O)(Nc1ncns1)c1cc(F)c(Oc2ccc(Cl)cc2-c2ccc3c(c2)OCO3)cc1F. The lowest BCUT2D eigenvalue weighted by Gasteiger charge is -2.14. The molecule has 0 unspecified atom stereocenters. The summed E-state index contributed by atoms with van der Waals surface area (Å²) in [6, 6.07) is 10.9. The lowest BCUT2D eigenvalue weighted by molar-refractivity contribution is 0.174. The monoisotopic (exact) mass is 523 g/mol. The van der Waals surface area contributed by atoms with E-state index in [9.17, 15) is 17.2 Å². The van der Waals surface area contributed by atoms with Crippen LogP contribution in [0.5, 0.6) is 23.0 Å². The standard InChI is InChI=1S/C21H12ClF2N3O5S2/c22-12-2-4-16(13(6-12)11-1-3-17-19(5-11)31-10-30-17)32-18-7-15(24)20(8-14(18)23)34(28,29)27-21-25-9-26-33-21/h1-9H,10H2,(H,25,26,27). The Morgan fingerprint density at radius 2 is 1.82 bits per heavy atom. The number of sulfonamides is 1. The summed E-state index contributed by atoms with van der Waals surface area (Å²) >= 11 is 6.89. The zero-order valence-electron chi connectivity index (χ0n) is 16.8. The van der Waals surface area contributed by atoms with E-state index < -0.39 is 32.3 Å². The third-order valence-corrected chi connectivity index (χ3v) is 7.00. The van der Waals surface area contributed by atoms with Crippen LogP contribution in [0.1, 0.15) is 0 Å². The van der Waals surface area contributed by atoms with Crippen LogP contribution in [0.15, 0.2) is 59.8 Å². The molecule has 1 aliphatic heterocycles. The van der Waals surface area contributed by atoms with Crippen LogP contribution in [0.2, 0.25) is 5.02 Å². The Balaban J connectivity index is 1.49. The lowest BCUT2D eigenvalue weighted by Crippen LogP contribution is -2.15. The predicted molar refractivity (Wildman–Crippen MR) is 120 cm³/mol. The number of benzene rings is 3. The highest BCUT2D eigenvalue weighted by atomic mass is 35.5. The first-order valence-electron chi connectivity index (χ1n) is 9.46. The van der Waals surface area contributed by atoms with Gasteiger partial charge >= 0.3 is 0 Å². The zero-order chi connectivity index (χ0) is 23.9. The Hall–Kier alpha value is -3.48. The predicted octanol–water partition coefficient (Wildman–Crippen LogP) is 5.46. The normalized spacial score (nSPS) is 12.6. The summed E-state index contributed by atoms with van der Waals surface area (Å²) in [6.45, 7) is 0.0886. The van der Waals surface area contributed by atoms with E-state index in [4.69, 9.17) is 25.8 Å². The maximum atomic E-state index is 14.8. The smallest absolute Gasteiger partial charge is 0.266 e. The van der Waals surface area contributed by atoms with E-state index in [-0.39, 0.29) is 17.7 Å². The molecule has 0 saturated heterocycles. The van der Waals surface area contributed by atoms with Gasteiger partial charge in [-0.1, -0.05) is 17.7 Å². The molecule has 34 heavy (non-hydrogen) atoms. The number of anilines is 1. The molecule has 13 heteroatoms. The van der Waals surface area contributed by atoms with E-state index in [0.717, 1.165) is 17.9 Å². The fourth-order valence-corrected chi connectivity index (χ4v) is 5.09. The molecule has 174 valence electrons. The molecular formula is C21H12ClF2N3O5S2. The van der Waals surface area contributed by atoms with Gasteiger partial charge in [-0.25, -0.2) is 22.2 Å². The second-order valence-corrected chi connectivity index (χ2v) is 9.74. The van der Waals surface area contributed by atoms with E-state index in [2.05, 4.69) is 9.36 Å². The van der Waals surface area contributed by atoms with Crippen molar-refractivity contribution in [2.75, 3.05) is 11.5 Å². The number of nitrogens with one attached hydrogen (secondary N) is 1. The van der Waals surface area contributed by atoms with E-state index >= 15 is 0 Å². The Kier molecular flexibility index (Phi) is 5.71. The van der Waals surface area contributed by atoms with Crippen LogP contribution in [-0.4, -0.2) is 24.6 Å². The van der Waals surface area contributed by atoms with Crippen molar-refractivity contribution in [1.29, 1.82) is 0 Å². The van der Waals surface area contributed by atoms with Crippen molar-refractivity contribution >= 4 is 38.3 Å². The molecule has 3 aromatic carbocycles. The fraction of sp³-hybridized carbons (Fsp3) is 0.0476. The molecule has 1 aromatic heterocycles. The summed E-state index contributed by atoms with van der Waals surface area (Å²) in [5.74, 6) is -1.59. The molecule has 0 radical (unpaired) electrons. The van der Waals surface area contributed by atoms with Gasteiger partial charge in [-0.2, -0.15) is 4.37 Å². The van der Waals surface area contributed by atoms with Crippen molar-refractivity contribution in [1.82, 2.24) is 9.36 Å². The largest absolute Gasteiger partial charge is 0.454 e. The van der Waals surface area contributed by atoms with E-state index in [1.165, 1.54) is 12.1 Å². The summed E-state index contributed by atoms with van der Waals surface area (Å²) in [7, 11) is -4.44. The summed E-state index contributed by atoms with van der Waals surface area (Å²) in [5, 5.41) is 0.297. The maximum absolute atomic E-state index is 14.8. The van der Waals surface area contributed by atoms with Gasteiger partial charge in [-0.3, -0.25) is 4.72 Å². The maximum Gasteiger partial charge on any atom is 0.266 e. The van der Waals surface area contributed by atoms with Crippen molar-refractivity contribution in [2.24, 2.45) is 0 Å². The molecule has 4 aromatic rings. The van der Waals surface area contributed by atoms with Gasteiger partial charge in [0.25, 0.3) is 10.0 Å². The Bertz CT molecular complexity index is 1500. The number of aromatic nitrogens is 2. The minimum Gasteiger partial charge on any atom is -0.454 e. The van der Waals surface area contributed by atoms with Gasteiger partial charge in [-0.05, 0) is 35.9 Å². The molecule has 8 nitrogen and oxygen atoms in total. The summed E-state index contributed by atoms with van der Waals surface area (Å²) in [5.41, 5.74) is 1.10. The fourth-order valence-electron chi connectivity index (χ4n) is 3.18. The van der Waals surface area contributed by atoms with Gasteiger partial charge in [0.1, 0.15) is 22.8 Å². The number of nitrogens with zero attached hydrogens (tertiary/aromatic N) is 2. The van der Waals surface area contributed by atoms with E-state index in [0.29, 0.717) is 39.8 Å². The first-order chi connectivity index (χ1) is 16.3. The van der Waals surface area contributed by atoms with Crippen LogP contribution in [-0.2, 0) is 10.0 Å². The molecule has 0 aliphatic carbocycles. The zero-order valence-corrected chi connectivity index (χ0v) is 19.2. The first-order valence-corrected chi connectivity index (χ1v) is 12.1. The van der Waals surface area contributed by atoms with Crippen molar-refractivity contribution in [3.8, 4) is 34.1 Å². The Labute approximate surface area is 200 Å². The van der Waals surface area contributed by atoms with E-state index in [1.54, 1.807) is 24.3 Å². The Morgan fingerprint density at radius 3 is 2.62 bits per heavy atom. The van der Waals surface area contributed by atoms with Crippen LogP contribution in [0.4, 0.5) is 13.9 Å². The number of halogens is 3. The molecule has 0 bridgehead atoms. The Morgan fingerprint density at radius 1 is 1.00 bits per heavy atom. The van der Waals surface area contributed by atoms with Gasteiger partial charge in [0, 0.05) is 34.3 Å². The second-order valence-electron chi connectivity index (χ2n) is 6.88. The minimum absolute atomic E-state index is 0.0883. The van der Waals surface area contributed by atoms with E-state index in [1.807, 2.05) is 4.72 Å². The quantitative estimate of drug-likeness (QED) is 0.358. The summed E-state index contributed by atoms with van der Waals surface area (Å²) in [6.07, 6.45) is 1.13. The molecule has 5 rings (SSSR count). The molecule has 0 saturated carbocycles. The molecule has 0 spiro atoms. The summed E-state index contributed by atoms with van der Waals surface area (Å²) < 4.78 is 76.5. The van der Waals surface area contributed by atoms with Crippen LogP contribution in [0, 0.1) is 11.6 Å². The lowest BCUT2D eigenvalue weighted by atomic mass is 10.0. The number of hydrogen-bond donors (Lipinski definition) is 1. The number of hydrogen-bond acceptors (Lipinski definition) is 8. The van der Waals surface area contributed by atoms with Gasteiger partial charge in [0.05, 0.1) is 0 Å². The number of ether oxygens (including phenoxy) is 3. The highest BCUT2D eigenvalue weighted by Crippen LogP contribution is 2.41. The third-order valence-electron chi connectivity index (χ3n) is 4.70. The highest BCUT2D eigenvalue weighted by Gasteiger charge is 2.24. The first kappa shape index (κ1) is 22.3. The third kappa shape index (κ3) is 4.34. The van der Waals surface area contributed by atoms with Crippen molar-refractivity contribution in [3.63, 3.8) is 0 Å². The molecule has 2 heterocycles. The van der Waals surface area contributed by atoms with Gasteiger partial charge in [0.2, 0.25) is 11.9 Å². The molecule has 0 atom stereocenters. The number of fused-ring (bicyclic) bond motifs is 1. The van der Waals surface area contributed by atoms with Crippen molar-refractivity contribution < 1.29 is 31.4 Å². The van der Waals surface area contributed by atoms with Crippen molar-refractivity contribution in [2.45, 2.75) is 4.90 Å². The van der Waals surface area contributed by atoms with Gasteiger partial charge < -0.3 is 14.2 Å². The van der Waals surface area contributed by atoms with Crippen LogP contribution in [0.25, 0.3) is 11.1 Å². The van der Waals surface area contributed by atoms with Crippen LogP contribution < -0.4 is 18.9 Å². The number of rotatable bonds is 6. The average molecular weight is 524 g/mol. The average Bonchev–Trinajstić information content (AvgIpc) is 3.48. The molecule has 1 N–H and O–H groups in total. The van der Waals surface area contributed by atoms with Crippen LogP contribution in [0.3, 0.4) is 0 Å². The highest BCUT2D eigenvalue weighted by molar-refractivity contribution is 7.93. The van der Waals surface area contributed by atoms with Gasteiger partial charge in [0.15, 0.2) is 23.1 Å². The van der Waals surface area contributed by atoms with Crippen molar-refractivity contribution in [3.05, 3.63) is 71.5 Å². The topological polar surface area (TPSA) is 99.6 Å².